The predicted octanol–water partition coefficient (Wildman–Crippen LogP) is 5.43. The first kappa shape index (κ1) is 16.3. The molecule has 1 aromatic carbocycles. The number of thiophene rings is 1. The summed E-state index contributed by atoms with van der Waals surface area (Å²) in [6.07, 6.45) is 0. The van der Waals surface area contributed by atoms with Gasteiger partial charge in [-0.3, -0.25) is 0 Å². The second-order valence-corrected chi connectivity index (χ2v) is 7.11. The lowest BCUT2D eigenvalue weighted by Gasteiger charge is -2.13. The normalized spacial score (nSPS) is 11.2. The molecule has 0 radical (unpaired) electrons. The fourth-order valence-corrected chi connectivity index (χ4v) is 3.51. The summed E-state index contributed by atoms with van der Waals surface area (Å²) in [4.78, 5) is 9.10. The maximum atomic E-state index is 6.23. The van der Waals surface area contributed by atoms with Gasteiger partial charge in [0.05, 0.1) is 10.2 Å². The molecule has 120 valence electrons. The summed E-state index contributed by atoms with van der Waals surface area (Å²) in [6.45, 7) is 4.61. The van der Waals surface area contributed by atoms with Crippen molar-refractivity contribution < 1.29 is 0 Å². The maximum absolute atomic E-state index is 6.23. The second-order valence-electron chi connectivity index (χ2n) is 5.38. The van der Waals surface area contributed by atoms with E-state index in [1.54, 1.807) is 11.3 Å². The number of rotatable bonds is 5. The van der Waals surface area contributed by atoms with E-state index in [2.05, 4.69) is 34.4 Å². The molecule has 0 unspecified atom stereocenters. The highest BCUT2D eigenvalue weighted by Gasteiger charge is 2.11. The Balaban J connectivity index is 1.91. The molecule has 0 spiro atoms. The highest BCUT2D eigenvalue weighted by molar-refractivity contribution is 7.17. The van der Waals surface area contributed by atoms with Gasteiger partial charge in [-0.25, -0.2) is 4.98 Å². The Labute approximate surface area is 148 Å². The fourth-order valence-electron chi connectivity index (χ4n) is 2.18. The average Bonchev–Trinajstić information content (AvgIpc) is 2.94. The van der Waals surface area contributed by atoms with Gasteiger partial charge in [0.1, 0.15) is 5.82 Å². The quantitative estimate of drug-likeness (QED) is 0.631. The summed E-state index contributed by atoms with van der Waals surface area (Å²) in [5, 5.41) is 9.86. The van der Waals surface area contributed by atoms with Gasteiger partial charge in [0.2, 0.25) is 5.95 Å². The second kappa shape index (κ2) is 6.91. The van der Waals surface area contributed by atoms with Crippen molar-refractivity contribution in [2.45, 2.75) is 26.4 Å². The summed E-state index contributed by atoms with van der Waals surface area (Å²) in [7, 11) is 0. The van der Waals surface area contributed by atoms with Crippen molar-refractivity contribution in [1.29, 1.82) is 0 Å². The maximum Gasteiger partial charge on any atom is 0.225 e. The Morgan fingerprint density at radius 1 is 1.13 bits per heavy atom. The highest BCUT2D eigenvalue weighted by Crippen LogP contribution is 2.30. The Hall–Kier alpha value is -1.56. The van der Waals surface area contributed by atoms with Crippen LogP contribution in [0, 0.1) is 0 Å². The molecule has 0 aliphatic rings. The molecule has 7 heteroatoms. The summed E-state index contributed by atoms with van der Waals surface area (Å²) in [5.41, 5.74) is 1.78. The molecule has 0 aliphatic heterocycles. The number of fused-ring (bicyclic) bond motifs is 1. The Kier molecular flexibility index (Phi) is 4.90. The van der Waals surface area contributed by atoms with Gasteiger partial charge in [0, 0.05) is 28.2 Å². The predicted molar refractivity (Wildman–Crippen MR) is 100.0 cm³/mol. The molecule has 3 rings (SSSR count). The summed E-state index contributed by atoms with van der Waals surface area (Å²) in [5.74, 6) is 1.39. The molecule has 4 nitrogen and oxygen atoms in total. The van der Waals surface area contributed by atoms with Gasteiger partial charge in [0.15, 0.2) is 0 Å². The van der Waals surface area contributed by atoms with Crippen molar-refractivity contribution in [1.82, 2.24) is 9.97 Å². The van der Waals surface area contributed by atoms with Crippen LogP contribution in [0.15, 0.2) is 29.6 Å². The van der Waals surface area contributed by atoms with Crippen molar-refractivity contribution >= 4 is 56.5 Å². The van der Waals surface area contributed by atoms with E-state index in [0.29, 0.717) is 22.5 Å². The van der Waals surface area contributed by atoms with Crippen LogP contribution in [-0.4, -0.2) is 16.0 Å². The van der Waals surface area contributed by atoms with Crippen molar-refractivity contribution in [3.63, 3.8) is 0 Å². The number of aromatic nitrogens is 2. The van der Waals surface area contributed by atoms with Gasteiger partial charge in [-0.2, -0.15) is 4.98 Å². The lowest BCUT2D eigenvalue weighted by molar-refractivity contribution is 0.877. The molecule has 0 atom stereocenters. The van der Waals surface area contributed by atoms with Crippen molar-refractivity contribution in [2.75, 3.05) is 10.6 Å². The van der Waals surface area contributed by atoms with Crippen molar-refractivity contribution in [3.8, 4) is 0 Å². The van der Waals surface area contributed by atoms with Gasteiger partial charge < -0.3 is 10.6 Å². The first-order valence-electron chi connectivity index (χ1n) is 7.23. The van der Waals surface area contributed by atoms with Crippen LogP contribution in [0.3, 0.4) is 0 Å². The molecule has 2 aromatic heterocycles. The van der Waals surface area contributed by atoms with Crippen LogP contribution in [0.1, 0.15) is 19.4 Å². The summed E-state index contributed by atoms with van der Waals surface area (Å²) >= 11 is 14.1. The zero-order valence-electron chi connectivity index (χ0n) is 12.7. The van der Waals surface area contributed by atoms with E-state index in [1.165, 1.54) is 0 Å². The molecule has 2 N–H and O–H groups in total. The number of nitrogens with zero attached hydrogens (tertiary/aromatic N) is 2. The largest absolute Gasteiger partial charge is 0.365 e. The van der Waals surface area contributed by atoms with E-state index in [4.69, 9.17) is 23.2 Å². The Morgan fingerprint density at radius 3 is 2.57 bits per heavy atom. The van der Waals surface area contributed by atoms with Crippen LogP contribution in [0.2, 0.25) is 10.0 Å². The molecule has 2 heterocycles. The smallest absolute Gasteiger partial charge is 0.225 e. The SMILES string of the molecule is CC(C)Nc1nc(NCc2c(Cl)cccc2Cl)c2sccc2n1. The number of hydrogen-bond donors (Lipinski definition) is 2. The highest BCUT2D eigenvalue weighted by atomic mass is 35.5. The van der Waals surface area contributed by atoms with Gasteiger partial charge in [-0.1, -0.05) is 29.3 Å². The van der Waals surface area contributed by atoms with E-state index < -0.39 is 0 Å². The molecule has 0 amide bonds. The monoisotopic (exact) mass is 366 g/mol. The van der Waals surface area contributed by atoms with Gasteiger partial charge in [-0.05, 0) is 37.4 Å². The standard InChI is InChI=1S/C16H16Cl2N4S/c1-9(2)20-16-21-13-6-7-23-14(13)15(22-16)19-8-10-11(17)4-3-5-12(10)18/h3-7,9H,8H2,1-2H3,(H2,19,20,21,22). The molecule has 23 heavy (non-hydrogen) atoms. The third kappa shape index (κ3) is 3.68. The van der Waals surface area contributed by atoms with Crippen LogP contribution in [0.4, 0.5) is 11.8 Å². The molecular formula is C16H16Cl2N4S. The van der Waals surface area contributed by atoms with E-state index >= 15 is 0 Å². The molecular weight excluding hydrogens is 351 g/mol. The van der Waals surface area contributed by atoms with Gasteiger partial charge in [0.25, 0.3) is 0 Å². The Morgan fingerprint density at radius 2 is 1.87 bits per heavy atom. The average molecular weight is 367 g/mol. The lowest BCUT2D eigenvalue weighted by atomic mass is 10.2. The van der Waals surface area contributed by atoms with Crippen LogP contribution in [0.25, 0.3) is 10.2 Å². The molecule has 0 bridgehead atoms. The minimum atomic E-state index is 0.261. The summed E-state index contributed by atoms with van der Waals surface area (Å²) < 4.78 is 1.02. The first-order valence-corrected chi connectivity index (χ1v) is 8.86. The molecule has 3 aromatic rings. The minimum absolute atomic E-state index is 0.261. The van der Waals surface area contributed by atoms with E-state index in [1.807, 2.05) is 29.6 Å². The van der Waals surface area contributed by atoms with Crippen molar-refractivity contribution in [3.05, 3.63) is 45.3 Å². The van der Waals surface area contributed by atoms with Crippen LogP contribution >= 0.6 is 34.5 Å². The van der Waals surface area contributed by atoms with E-state index in [0.717, 1.165) is 21.6 Å². The molecule has 0 fully saturated rings. The third-order valence-corrected chi connectivity index (χ3v) is 4.83. The Bertz CT molecular complexity index is 812. The number of halogens is 2. The first-order chi connectivity index (χ1) is 11.0. The molecule has 0 saturated heterocycles. The minimum Gasteiger partial charge on any atom is -0.365 e. The number of anilines is 2. The van der Waals surface area contributed by atoms with Gasteiger partial charge in [-0.15, -0.1) is 11.3 Å². The number of nitrogens with one attached hydrogen (secondary N) is 2. The van der Waals surface area contributed by atoms with Crippen molar-refractivity contribution in [2.24, 2.45) is 0 Å². The van der Waals surface area contributed by atoms with Crippen LogP contribution in [-0.2, 0) is 6.54 Å². The summed E-state index contributed by atoms with van der Waals surface area (Å²) in [6, 6.07) is 7.74. The van der Waals surface area contributed by atoms with Gasteiger partial charge >= 0.3 is 0 Å². The molecule has 0 saturated carbocycles. The number of benzene rings is 1. The third-order valence-electron chi connectivity index (χ3n) is 3.22. The lowest BCUT2D eigenvalue weighted by Crippen LogP contribution is -2.13. The van der Waals surface area contributed by atoms with Crippen LogP contribution in [0.5, 0.6) is 0 Å². The van der Waals surface area contributed by atoms with E-state index in [9.17, 15) is 0 Å². The zero-order valence-corrected chi connectivity index (χ0v) is 15.1. The molecule has 0 aliphatic carbocycles. The number of hydrogen-bond acceptors (Lipinski definition) is 5. The zero-order chi connectivity index (χ0) is 16.4. The van der Waals surface area contributed by atoms with E-state index in [-0.39, 0.29) is 6.04 Å². The van der Waals surface area contributed by atoms with Crippen LogP contribution < -0.4 is 10.6 Å². The topological polar surface area (TPSA) is 49.8 Å². The fraction of sp³-hybridized carbons (Fsp3) is 0.250.